The molecule has 0 saturated heterocycles. The Morgan fingerprint density at radius 1 is 1.14 bits per heavy atom. The molecule has 28 heavy (non-hydrogen) atoms. The fourth-order valence-electron chi connectivity index (χ4n) is 2.30. The van der Waals surface area contributed by atoms with Gasteiger partial charge in [-0.2, -0.15) is 13.2 Å². The normalized spacial score (nSPS) is 11.4. The number of halogens is 5. The third-order valence-corrected chi connectivity index (χ3v) is 3.87. The van der Waals surface area contributed by atoms with Crippen molar-refractivity contribution in [1.29, 1.82) is 0 Å². The molecule has 1 aromatic heterocycles. The van der Waals surface area contributed by atoms with Gasteiger partial charge in [-0.1, -0.05) is 28.9 Å². The predicted octanol–water partition coefficient (Wildman–Crippen LogP) is 6.04. The van der Waals surface area contributed by atoms with Crippen molar-refractivity contribution in [3.8, 4) is 22.8 Å². The van der Waals surface area contributed by atoms with Crippen LogP contribution in [0.3, 0.4) is 0 Å². The summed E-state index contributed by atoms with van der Waals surface area (Å²) < 4.78 is 67.0. The number of alkyl halides is 3. The summed E-state index contributed by atoms with van der Waals surface area (Å²) in [6, 6.07) is 7.56. The number of carbonyl (C=O) groups is 1. The van der Waals surface area contributed by atoms with Gasteiger partial charge in [-0.3, -0.25) is 0 Å². The zero-order valence-corrected chi connectivity index (χ0v) is 14.8. The molecule has 2 aromatic carbocycles. The van der Waals surface area contributed by atoms with E-state index in [0.717, 1.165) is 24.3 Å². The molecule has 146 valence electrons. The first kappa shape index (κ1) is 19.7. The highest BCUT2D eigenvalue weighted by Crippen LogP contribution is 2.38. The van der Waals surface area contributed by atoms with Crippen LogP contribution in [-0.2, 0) is 6.18 Å². The van der Waals surface area contributed by atoms with Crippen LogP contribution >= 0.6 is 11.6 Å². The molecule has 0 bridgehead atoms. The van der Waals surface area contributed by atoms with E-state index in [2.05, 4.69) is 5.16 Å². The highest BCUT2D eigenvalue weighted by Gasteiger charge is 2.31. The van der Waals surface area contributed by atoms with Crippen LogP contribution in [0.2, 0.25) is 5.02 Å². The van der Waals surface area contributed by atoms with Gasteiger partial charge in [0.1, 0.15) is 11.6 Å². The zero-order valence-electron chi connectivity index (χ0n) is 14.0. The predicted molar refractivity (Wildman–Crippen MR) is 89.7 cm³/mol. The van der Waals surface area contributed by atoms with Gasteiger partial charge in [0.2, 0.25) is 5.75 Å². The van der Waals surface area contributed by atoms with E-state index in [1.54, 1.807) is 0 Å². The number of carbonyl (C=O) groups excluding carboxylic acids is 1. The standard InChI is InChI=1S/C18H10ClF4NO4/c1-9-16(15(24-28-9)14-12(19)6-3-7-13(14)20)27-17(25)26-11-5-2-4-10(8-11)18(21,22)23/h2-8H,1H3. The Morgan fingerprint density at radius 2 is 1.86 bits per heavy atom. The Labute approximate surface area is 160 Å². The first-order valence-corrected chi connectivity index (χ1v) is 8.02. The number of ether oxygens (including phenoxy) is 2. The van der Waals surface area contributed by atoms with Crippen molar-refractivity contribution >= 4 is 17.8 Å². The summed E-state index contributed by atoms with van der Waals surface area (Å²) in [6.45, 7) is 1.39. The minimum atomic E-state index is -4.61. The molecule has 1 heterocycles. The first-order valence-electron chi connectivity index (χ1n) is 7.64. The molecule has 0 unspecified atom stereocenters. The monoisotopic (exact) mass is 415 g/mol. The molecule has 0 N–H and O–H groups in total. The van der Waals surface area contributed by atoms with Gasteiger partial charge in [0.25, 0.3) is 0 Å². The second-order valence-corrected chi connectivity index (χ2v) is 5.90. The van der Waals surface area contributed by atoms with Crippen LogP contribution in [0.25, 0.3) is 11.3 Å². The van der Waals surface area contributed by atoms with E-state index in [1.165, 1.54) is 19.1 Å². The largest absolute Gasteiger partial charge is 0.519 e. The van der Waals surface area contributed by atoms with Gasteiger partial charge >= 0.3 is 12.3 Å². The molecule has 0 radical (unpaired) electrons. The number of aryl methyl sites for hydroxylation is 1. The van der Waals surface area contributed by atoms with E-state index >= 15 is 0 Å². The smallest absolute Gasteiger partial charge is 0.395 e. The Bertz CT molecular complexity index is 1010. The third-order valence-electron chi connectivity index (χ3n) is 3.56. The van der Waals surface area contributed by atoms with Gasteiger partial charge in [-0.05, 0) is 30.3 Å². The molecule has 0 amide bonds. The maximum atomic E-state index is 14.1. The quantitative estimate of drug-likeness (QED) is 0.296. The van der Waals surface area contributed by atoms with Gasteiger partial charge in [-0.15, -0.1) is 0 Å². The first-order chi connectivity index (χ1) is 13.2. The number of nitrogens with zero attached hydrogens (tertiary/aromatic N) is 1. The molecule has 0 aliphatic heterocycles. The van der Waals surface area contributed by atoms with Crippen molar-refractivity contribution in [2.75, 3.05) is 0 Å². The van der Waals surface area contributed by atoms with Crippen LogP contribution in [0, 0.1) is 12.7 Å². The van der Waals surface area contributed by atoms with Crippen LogP contribution in [-0.4, -0.2) is 11.3 Å². The van der Waals surface area contributed by atoms with Crippen molar-refractivity contribution in [3.05, 3.63) is 64.6 Å². The highest BCUT2D eigenvalue weighted by atomic mass is 35.5. The number of aromatic nitrogens is 1. The van der Waals surface area contributed by atoms with Crippen molar-refractivity contribution in [3.63, 3.8) is 0 Å². The summed E-state index contributed by atoms with van der Waals surface area (Å²) in [7, 11) is 0. The lowest BCUT2D eigenvalue weighted by Crippen LogP contribution is -2.15. The van der Waals surface area contributed by atoms with E-state index in [4.69, 9.17) is 25.6 Å². The lowest BCUT2D eigenvalue weighted by atomic mass is 10.1. The zero-order chi connectivity index (χ0) is 20.5. The van der Waals surface area contributed by atoms with Gasteiger partial charge < -0.3 is 14.0 Å². The summed E-state index contributed by atoms with van der Waals surface area (Å²) in [4.78, 5) is 12.0. The van der Waals surface area contributed by atoms with Crippen molar-refractivity contribution in [2.45, 2.75) is 13.1 Å². The van der Waals surface area contributed by atoms with Gasteiger partial charge in [-0.25, -0.2) is 9.18 Å². The second kappa shape index (κ2) is 7.51. The highest BCUT2D eigenvalue weighted by molar-refractivity contribution is 6.33. The molecule has 3 rings (SSSR count). The average Bonchev–Trinajstić information content (AvgIpc) is 2.95. The molecule has 0 atom stereocenters. The molecular weight excluding hydrogens is 406 g/mol. The number of hydrogen-bond acceptors (Lipinski definition) is 5. The summed E-state index contributed by atoms with van der Waals surface area (Å²) >= 11 is 5.97. The molecule has 0 aliphatic carbocycles. The minimum Gasteiger partial charge on any atom is -0.395 e. The van der Waals surface area contributed by atoms with Crippen LogP contribution in [0.4, 0.5) is 22.4 Å². The van der Waals surface area contributed by atoms with E-state index in [0.29, 0.717) is 6.07 Å². The van der Waals surface area contributed by atoms with Crippen LogP contribution in [0.15, 0.2) is 47.0 Å². The fraction of sp³-hybridized carbons (Fsp3) is 0.111. The summed E-state index contributed by atoms with van der Waals surface area (Å²) in [5, 5.41) is 3.62. The van der Waals surface area contributed by atoms with Crippen LogP contribution in [0.5, 0.6) is 11.5 Å². The van der Waals surface area contributed by atoms with Gasteiger partial charge in [0.05, 0.1) is 16.1 Å². The Balaban J connectivity index is 1.86. The lowest BCUT2D eigenvalue weighted by molar-refractivity contribution is -0.137. The maximum absolute atomic E-state index is 14.1. The minimum absolute atomic E-state index is 0.00955. The number of hydrogen-bond donors (Lipinski definition) is 0. The summed E-state index contributed by atoms with van der Waals surface area (Å²) in [5.74, 6) is -1.39. The topological polar surface area (TPSA) is 61.6 Å². The Morgan fingerprint density at radius 3 is 2.54 bits per heavy atom. The van der Waals surface area contributed by atoms with E-state index < -0.39 is 23.7 Å². The molecule has 0 saturated carbocycles. The van der Waals surface area contributed by atoms with Crippen LogP contribution < -0.4 is 9.47 Å². The van der Waals surface area contributed by atoms with Crippen molar-refractivity contribution < 1.29 is 36.4 Å². The average molecular weight is 416 g/mol. The Kier molecular flexibility index (Phi) is 5.28. The third kappa shape index (κ3) is 4.09. The van der Waals surface area contributed by atoms with Crippen molar-refractivity contribution in [2.24, 2.45) is 0 Å². The molecule has 0 spiro atoms. The van der Waals surface area contributed by atoms with Crippen LogP contribution in [0.1, 0.15) is 11.3 Å². The molecule has 10 heteroatoms. The SMILES string of the molecule is Cc1onc(-c2c(F)cccc2Cl)c1OC(=O)Oc1cccc(C(F)(F)F)c1. The maximum Gasteiger partial charge on any atom is 0.519 e. The molecule has 0 aliphatic rings. The lowest BCUT2D eigenvalue weighted by Gasteiger charge is -2.09. The summed E-state index contributed by atoms with van der Waals surface area (Å²) in [6.07, 6.45) is -5.97. The molecular formula is C18H10ClF4NO4. The molecule has 3 aromatic rings. The fourth-order valence-corrected chi connectivity index (χ4v) is 2.56. The van der Waals surface area contributed by atoms with Gasteiger partial charge in [0.15, 0.2) is 11.5 Å². The number of benzene rings is 2. The van der Waals surface area contributed by atoms with Crippen molar-refractivity contribution in [1.82, 2.24) is 5.16 Å². The van der Waals surface area contributed by atoms with E-state index in [9.17, 15) is 22.4 Å². The molecule has 5 nitrogen and oxygen atoms in total. The van der Waals surface area contributed by atoms with Gasteiger partial charge in [0, 0.05) is 6.92 Å². The second-order valence-electron chi connectivity index (χ2n) is 5.49. The Hall–Kier alpha value is -3.07. The summed E-state index contributed by atoms with van der Waals surface area (Å²) in [5.41, 5.74) is -1.36. The van der Waals surface area contributed by atoms with E-state index in [-0.39, 0.29) is 33.5 Å². The van der Waals surface area contributed by atoms with E-state index in [1.807, 2.05) is 0 Å². The molecule has 0 fully saturated rings. The number of rotatable bonds is 3.